The van der Waals surface area contributed by atoms with Crippen molar-refractivity contribution in [2.75, 3.05) is 13.1 Å². The topological polar surface area (TPSA) is 62.6 Å². The van der Waals surface area contributed by atoms with Crippen LogP contribution in [-0.4, -0.2) is 36.0 Å². The summed E-state index contributed by atoms with van der Waals surface area (Å²) in [5.41, 5.74) is -0.0948. The van der Waals surface area contributed by atoms with Crippen LogP contribution >= 0.6 is 0 Å². The molecule has 106 valence electrons. The normalized spacial score (nSPS) is 11.3. The molecule has 0 saturated heterocycles. The van der Waals surface area contributed by atoms with Gasteiger partial charge in [0.2, 0.25) is 0 Å². The zero-order valence-electron chi connectivity index (χ0n) is 12.0. The van der Waals surface area contributed by atoms with Crippen LogP contribution in [0.3, 0.4) is 0 Å². The van der Waals surface area contributed by atoms with Gasteiger partial charge in [-0.05, 0) is 33.8 Å². The summed E-state index contributed by atoms with van der Waals surface area (Å²) < 4.78 is 4.66. The van der Waals surface area contributed by atoms with E-state index in [4.69, 9.17) is 0 Å². The SMILES string of the molecule is CC(C)N(CCNC(=O)c1ccc(=O)oc1)C(C)C. The lowest BCUT2D eigenvalue weighted by Crippen LogP contribution is -2.42. The maximum atomic E-state index is 11.8. The van der Waals surface area contributed by atoms with E-state index in [9.17, 15) is 9.59 Å². The highest BCUT2D eigenvalue weighted by molar-refractivity contribution is 5.93. The Balaban J connectivity index is 2.46. The van der Waals surface area contributed by atoms with Gasteiger partial charge in [0.15, 0.2) is 0 Å². The molecule has 5 heteroatoms. The summed E-state index contributed by atoms with van der Waals surface area (Å²) in [6.07, 6.45) is 1.18. The molecule has 5 nitrogen and oxygen atoms in total. The van der Waals surface area contributed by atoms with E-state index in [-0.39, 0.29) is 5.91 Å². The summed E-state index contributed by atoms with van der Waals surface area (Å²) in [6, 6.07) is 3.58. The van der Waals surface area contributed by atoms with Crippen molar-refractivity contribution in [1.29, 1.82) is 0 Å². The lowest BCUT2D eigenvalue weighted by atomic mass is 10.2. The molecule has 1 aromatic heterocycles. The van der Waals surface area contributed by atoms with E-state index in [0.29, 0.717) is 24.2 Å². The molecule has 1 heterocycles. The Hall–Kier alpha value is -1.62. The fraction of sp³-hybridized carbons (Fsp3) is 0.571. The largest absolute Gasteiger partial charge is 0.430 e. The summed E-state index contributed by atoms with van der Waals surface area (Å²) in [6.45, 7) is 9.88. The third-order valence-corrected chi connectivity index (χ3v) is 2.95. The highest BCUT2D eigenvalue weighted by Crippen LogP contribution is 2.03. The van der Waals surface area contributed by atoms with E-state index in [1.54, 1.807) is 0 Å². The number of carbonyl (C=O) groups is 1. The van der Waals surface area contributed by atoms with E-state index >= 15 is 0 Å². The molecular weight excluding hydrogens is 244 g/mol. The van der Waals surface area contributed by atoms with E-state index < -0.39 is 5.63 Å². The molecule has 1 N–H and O–H groups in total. The fourth-order valence-corrected chi connectivity index (χ4v) is 2.00. The summed E-state index contributed by atoms with van der Waals surface area (Å²) in [5.74, 6) is -0.226. The van der Waals surface area contributed by atoms with Gasteiger partial charge in [-0.25, -0.2) is 4.79 Å². The van der Waals surface area contributed by atoms with Gasteiger partial charge < -0.3 is 9.73 Å². The van der Waals surface area contributed by atoms with Crippen LogP contribution in [0.2, 0.25) is 0 Å². The molecule has 0 bridgehead atoms. The lowest BCUT2D eigenvalue weighted by molar-refractivity contribution is 0.0937. The Bertz CT molecular complexity index is 438. The molecule has 0 radical (unpaired) electrons. The summed E-state index contributed by atoms with van der Waals surface area (Å²) >= 11 is 0. The van der Waals surface area contributed by atoms with Gasteiger partial charge in [0, 0.05) is 31.2 Å². The van der Waals surface area contributed by atoms with E-state index in [1.807, 2.05) is 0 Å². The van der Waals surface area contributed by atoms with Crippen molar-refractivity contribution in [3.05, 3.63) is 34.4 Å². The van der Waals surface area contributed by atoms with E-state index in [2.05, 4.69) is 42.3 Å². The number of carbonyl (C=O) groups excluding carboxylic acids is 1. The molecule has 0 saturated carbocycles. The minimum Gasteiger partial charge on any atom is -0.430 e. The molecular formula is C14H22N2O3. The molecule has 0 aromatic carbocycles. The predicted octanol–water partition coefficient (Wildman–Crippen LogP) is 1.49. The standard InChI is InChI=1S/C14H22N2O3/c1-10(2)16(11(3)4)8-7-15-14(18)12-5-6-13(17)19-9-12/h5-6,9-11H,7-8H2,1-4H3,(H,15,18). The molecule has 0 aliphatic rings. The van der Waals surface area contributed by atoms with Gasteiger partial charge >= 0.3 is 5.63 Å². The van der Waals surface area contributed by atoms with Gasteiger partial charge in [0.1, 0.15) is 6.26 Å². The minimum absolute atomic E-state index is 0.226. The second-order valence-electron chi connectivity index (χ2n) is 5.02. The average Bonchev–Trinajstić information content (AvgIpc) is 2.34. The quantitative estimate of drug-likeness (QED) is 0.847. The Labute approximate surface area is 113 Å². The molecule has 1 rings (SSSR count). The lowest BCUT2D eigenvalue weighted by Gasteiger charge is -2.30. The fourth-order valence-electron chi connectivity index (χ4n) is 2.00. The molecule has 1 aromatic rings. The van der Waals surface area contributed by atoms with Crippen molar-refractivity contribution >= 4 is 5.91 Å². The Kier molecular flexibility index (Phi) is 5.76. The van der Waals surface area contributed by atoms with Crippen LogP contribution < -0.4 is 10.9 Å². The molecule has 0 fully saturated rings. The second kappa shape index (κ2) is 7.09. The summed E-state index contributed by atoms with van der Waals surface area (Å²) in [5, 5.41) is 2.82. The van der Waals surface area contributed by atoms with Crippen LogP contribution in [0.4, 0.5) is 0 Å². The molecule has 0 spiro atoms. The monoisotopic (exact) mass is 266 g/mol. The van der Waals surface area contributed by atoms with Crippen molar-refractivity contribution in [3.8, 4) is 0 Å². The number of hydrogen-bond donors (Lipinski definition) is 1. The number of hydrogen-bond acceptors (Lipinski definition) is 4. The first kappa shape index (κ1) is 15.4. The number of nitrogens with zero attached hydrogens (tertiary/aromatic N) is 1. The first-order chi connectivity index (χ1) is 8.91. The molecule has 0 aliphatic heterocycles. The van der Waals surface area contributed by atoms with Crippen LogP contribution in [0, 0.1) is 0 Å². The predicted molar refractivity (Wildman–Crippen MR) is 74.3 cm³/mol. The van der Waals surface area contributed by atoms with Crippen molar-refractivity contribution in [2.24, 2.45) is 0 Å². The number of amides is 1. The highest BCUT2D eigenvalue weighted by Gasteiger charge is 2.13. The van der Waals surface area contributed by atoms with Gasteiger partial charge in [-0.15, -0.1) is 0 Å². The minimum atomic E-state index is -0.456. The first-order valence-corrected chi connectivity index (χ1v) is 6.54. The number of nitrogens with one attached hydrogen (secondary N) is 1. The first-order valence-electron chi connectivity index (χ1n) is 6.54. The number of rotatable bonds is 6. The molecule has 1 amide bonds. The van der Waals surface area contributed by atoms with Crippen LogP contribution in [-0.2, 0) is 0 Å². The van der Waals surface area contributed by atoms with Crippen LogP contribution in [0.5, 0.6) is 0 Å². The second-order valence-corrected chi connectivity index (χ2v) is 5.02. The Morgan fingerprint density at radius 2 is 1.89 bits per heavy atom. The van der Waals surface area contributed by atoms with Crippen molar-refractivity contribution < 1.29 is 9.21 Å². The molecule has 0 aliphatic carbocycles. The zero-order chi connectivity index (χ0) is 14.4. The highest BCUT2D eigenvalue weighted by atomic mass is 16.4. The van der Waals surface area contributed by atoms with E-state index in [0.717, 1.165) is 6.54 Å². The average molecular weight is 266 g/mol. The van der Waals surface area contributed by atoms with Crippen LogP contribution in [0.15, 0.2) is 27.6 Å². The van der Waals surface area contributed by atoms with Gasteiger partial charge in [0.25, 0.3) is 5.91 Å². The van der Waals surface area contributed by atoms with E-state index in [1.165, 1.54) is 18.4 Å². The summed E-state index contributed by atoms with van der Waals surface area (Å²) in [7, 11) is 0. The Morgan fingerprint density at radius 3 is 2.37 bits per heavy atom. The van der Waals surface area contributed by atoms with Gasteiger partial charge in [-0.3, -0.25) is 9.69 Å². The van der Waals surface area contributed by atoms with Gasteiger partial charge in [0.05, 0.1) is 5.56 Å². The van der Waals surface area contributed by atoms with Crippen molar-refractivity contribution in [2.45, 2.75) is 39.8 Å². The molecule has 0 unspecified atom stereocenters. The van der Waals surface area contributed by atoms with Crippen molar-refractivity contribution in [3.63, 3.8) is 0 Å². The van der Waals surface area contributed by atoms with Crippen LogP contribution in [0.1, 0.15) is 38.1 Å². The zero-order valence-corrected chi connectivity index (χ0v) is 12.0. The van der Waals surface area contributed by atoms with Gasteiger partial charge in [-0.2, -0.15) is 0 Å². The van der Waals surface area contributed by atoms with Crippen LogP contribution in [0.25, 0.3) is 0 Å². The van der Waals surface area contributed by atoms with Crippen molar-refractivity contribution in [1.82, 2.24) is 10.2 Å². The maximum Gasteiger partial charge on any atom is 0.335 e. The van der Waals surface area contributed by atoms with Gasteiger partial charge in [-0.1, -0.05) is 0 Å². The third kappa shape index (κ3) is 4.87. The summed E-state index contributed by atoms with van der Waals surface area (Å²) in [4.78, 5) is 24.9. The molecule has 0 atom stereocenters. The smallest absolute Gasteiger partial charge is 0.335 e. The maximum absolute atomic E-state index is 11.8. The Morgan fingerprint density at radius 1 is 1.26 bits per heavy atom. The third-order valence-electron chi connectivity index (χ3n) is 2.95. The molecule has 19 heavy (non-hydrogen) atoms.